The van der Waals surface area contributed by atoms with E-state index in [9.17, 15) is 13.2 Å². The van der Waals surface area contributed by atoms with Gasteiger partial charge in [-0.1, -0.05) is 25.4 Å². The molecule has 2 nitrogen and oxygen atoms in total. The third-order valence-corrected chi connectivity index (χ3v) is 4.64. The Morgan fingerprint density at radius 1 is 1.12 bits per heavy atom. The summed E-state index contributed by atoms with van der Waals surface area (Å²) in [6, 6.07) is 3.61. The summed E-state index contributed by atoms with van der Waals surface area (Å²) in [4.78, 5) is 2.25. The van der Waals surface area contributed by atoms with Gasteiger partial charge in [0.15, 0.2) is 0 Å². The minimum Gasteiger partial charge on any atom is -0.314 e. The zero-order valence-electron chi connectivity index (χ0n) is 14.4. The minimum atomic E-state index is -4.34. The second kappa shape index (κ2) is 10.8. The number of alkyl halides is 3. The van der Waals surface area contributed by atoms with Gasteiger partial charge in [0.2, 0.25) is 0 Å². The lowest BCUT2D eigenvalue weighted by atomic mass is 9.94. The van der Waals surface area contributed by atoms with Gasteiger partial charge in [-0.25, -0.2) is 0 Å². The molecule has 1 aliphatic heterocycles. The summed E-state index contributed by atoms with van der Waals surface area (Å²) in [7, 11) is 0. The van der Waals surface area contributed by atoms with E-state index in [0.29, 0.717) is 16.5 Å². The minimum absolute atomic E-state index is 0. The van der Waals surface area contributed by atoms with E-state index < -0.39 is 11.7 Å². The molecule has 0 aromatic heterocycles. The van der Waals surface area contributed by atoms with Crippen LogP contribution in [0.5, 0.6) is 0 Å². The second-order valence-corrected chi connectivity index (χ2v) is 6.91. The van der Waals surface area contributed by atoms with Crippen molar-refractivity contribution < 1.29 is 13.2 Å². The quantitative estimate of drug-likeness (QED) is 0.667. The first-order chi connectivity index (χ1) is 10.8. The third-order valence-electron chi connectivity index (χ3n) is 4.29. The molecule has 25 heavy (non-hydrogen) atoms. The fourth-order valence-corrected chi connectivity index (χ4v) is 3.24. The number of rotatable bonds is 5. The molecule has 0 saturated carbocycles. The molecule has 0 bridgehead atoms. The monoisotopic (exact) mass is 420 g/mol. The topological polar surface area (TPSA) is 15.3 Å². The Balaban J connectivity index is 0.00000288. The molecule has 1 N–H and O–H groups in total. The maximum absolute atomic E-state index is 13.1. The fourth-order valence-electron chi connectivity index (χ4n) is 3.00. The molecular weight excluding hydrogens is 396 g/mol. The standard InChI is InChI=1S/C17H24ClF3N2.2ClH/c1-12(2)3-6-16(23-9-7-22-8-10-23)14-11-13(17(19,20)21)4-5-15(14)18;;/h4-5,11-12,16,22H,3,6-10H2,1-2H3;2*1H/t16-;;/m0../s1. The van der Waals surface area contributed by atoms with E-state index in [1.54, 1.807) is 0 Å². The van der Waals surface area contributed by atoms with E-state index in [2.05, 4.69) is 24.1 Å². The Labute approximate surface area is 165 Å². The van der Waals surface area contributed by atoms with Crippen LogP contribution in [0.3, 0.4) is 0 Å². The lowest BCUT2D eigenvalue weighted by Crippen LogP contribution is -2.45. The van der Waals surface area contributed by atoms with E-state index in [1.807, 2.05) is 0 Å². The normalized spacial score (nSPS) is 16.9. The number of halogens is 6. The van der Waals surface area contributed by atoms with Crippen molar-refractivity contribution in [3.05, 3.63) is 34.3 Å². The molecule has 1 aliphatic rings. The lowest BCUT2D eigenvalue weighted by Gasteiger charge is -2.36. The van der Waals surface area contributed by atoms with Crippen molar-refractivity contribution in [3.8, 4) is 0 Å². The SMILES string of the molecule is CC(C)CC[C@@H](c1cc(C(F)(F)F)ccc1Cl)N1CCNCC1.Cl.Cl. The Kier molecular flexibility index (Phi) is 10.7. The van der Waals surface area contributed by atoms with Crippen LogP contribution in [0.1, 0.15) is 43.9 Å². The molecule has 0 unspecified atom stereocenters. The maximum Gasteiger partial charge on any atom is 0.416 e. The van der Waals surface area contributed by atoms with Crippen LogP contribution in [-0.2, 0) is 6.18 Å². The molecule has 0 amide bonds. The summed E-state index contributed by atoms with van der Waals surface area (Å²) in [5.74, 6) is 0.505. The Bertz CT molecular complexity index is 518. The smallest absolute Gasteiger partial charge is 0.314 e. The second-order valence-electron chi connectivity index (χ2n) is 6.51. The van der Waals surface area contributed by atoms with Crippen LogP contribution < -0.4 is 5.32 Å². The molecule has 1 atom stereocenters. The fraction of sp³-hybridized carbons (Fsp3) is 0.647. The van der Waals surface area contributed by atoms with Crippen molar-refractivity contribution in [2.45, 2.75) is 38.9 Å². The number of piperazine rings is 1. The van der Waals surface area contributed by atoms with E-state index in [4.69, 9.17) is 11.6 Å². The highest BCUT2D eigenvalue weighted by atomic mass is 35.5. The average Bonchev–Trinajstić information content (AvgIpc) is 2.48. The molecule has 1 aromatic rings. The van der Waals surface area contributed by atoms with Crippen molar-refractivity contribution in [1.29, 1.82) is 0 Å². The summed E-state index contributed by atoms with van der Waals surface area (Å²) in [5.41, 5.74) is -0.0226. The summed E-state index contributed by atoms with van der Waals surface area (Å²) < 4.78 is 39.2. The van der Waals surface area contributed by atoms with Crippen molar-refractivity contribution in [3.63, 3.8) is 0 Å². The van der Waals surface area contributed by atoms with Gasteiger partial charge < -0.3 is 5.32 Å². The van der Waals surface area contributed by atoms with Gasteiger partial charge in [-0.3, -0.25) is 4.90 Å². The molecule has 0 aliphatic carbocycles. The first-order valence-electron chi connectivity index (χ1n) is 8.10. The summed E-state index contributed by atoms with van der Waals surface area (Å²) in [6.45, 7) is 7.62. The molecule has 1 fully saturated rings. The number of benzene rings is 1. The molecule has 0 radical (unpaired) electrons. The number of nitrogens with zero attached hydrogens (tertiary/aromatic N) is 1. The highest BCUT2D eigenvalue weighted by Gasteiger charge is 2.33. The zero-order valence-corrected chi connectivity index (χ0v) is 16.8. The van der Waals surface area contributed by atoms with Crippen molar-refractivity contribution in [1.82, 2.24) is 10.2 Å². The van der Waals surface area contributed by atoms with E-state index in [0.717, 1.165) is 45.1 Å². The summed E-state index contributed by atoms with van der Waals surface area (Å²) >= 11 is 6.27. The Hall–Kier alpha value is -0.200. The van der Waals surface area contributed by atoms with Gasteiger partial charge in [-0.2, -0.15) is 13.2 Å². The van der Waals surface area contributed by atoms with Gasteiger partial charge in [0.1, 0.15) is 0 Å². The van der Waals surface area contributed by atoms with Crippen LogP contribution in [0.2, 0.25) is 5.02 Å². The summed E-state index contributed by atoms with van der Waals surface area (Å²) in [6.07, 6.45) is -2.56. The largest absolute Gasteiger partial charge is 0.416 e. The molecule has 0 spiro atoms. The maximum atomic E-state index is 13.1. The molecule has 2 rings (SSSR count). The molecule has 146 valence electrons. The van der Waals surface area contributed by atoms with Gasteiger partial charge in [0.05, 0.1) is 5.56 Å². The van der Waals surface area contributed by atoms with E-state index in [-0.39, 0.29) is 30.9 Å². The number of nitrogens with one attached hydrogen (secondary N) is 1. The predicted octanol–water partition coefficient (Wildman–Crippen LogP) is 5.58. The number of hydrogen-bond acceptors (Lipinski definition) is 2. The first kappa shape index (κ1) is 24.8. The van der Waals surface area contributed by atoms with Gasteiger partial charge in [0, 0.05) is 37.2 Å². The van der Waals surface area contributed by atoms with E-state index in [1.165, 1.54) is 12.1 Å². The lowest BCUT2D eigenvalue weighted by molar-refractivity contribution is -0.137. The predicted molar refractivity (Wildman–Crippen MR) is 102 cm³/mol. The average molecular weight is 422 g/mol. The first-order valence-corrected chi connectivity index (χ1v) is 8.48. The van der Waals surface area contributed by atoms with Gasteiger partial charge in [-0.05, 0) is 42.5 Å². The molecule has 1 saturated heterocycles. The molecular formula is C17H26Cl3F3N2. The third kappa shape index (κ3) is 7.14. The molecule has 8 heteroatoms. The van der Waals surface area contributed by atoms with Crippen molar-refractivity contribution in [2.75, 3.05) is 26.2 Å². The van der Waals surface area contributed by atoms with Gasteiger partial charge in [0.25, 0.3) is 0 Å². The molecule has 1 aromatic carbocycles. The number of hydrogen-bond donors (Lipinski definition) is 1. The van der Waals surface area contributed by atoms with Crippen LogP contribution in [0, 0.1) is 5.92 Å². The van der Waals surface area contributed by atoms with E-state index >= 15 is 0 Å². The van der Waals surface area contributed by atoms with Crippen LogP contribution in [0.4, 0.5) is 13.2 Å². The highest BCUT2D eigenvalue weighted by Crippen LogP contribution is 2.37. The van der Waals surface area contributed by atoms with Gasteiger partial charge in [-0.15, -0.1) is 24.8 Å². The summed E-state index contributed by atoms with van der Waals surface area (Å²) in [5, 5.41) is 3.70. The van der Waals surface area contributed by atoms with Crippen LogP contribution >= 0.6 is 36.4 Å². The highest BCUT2D eigenvalue weighted by molar-refractivity contribution is 6.31. The van der Waals surface area contributed by atoms with Crippen LogP contribution in [0.15, 0.2) is 18.2 Å². The Morgan fingerprint density at radius 2 is 1.72 bits per heavy atom. The van der Waals surface area contributed by atoms with Gasteiger partial charge >= 0.3 is 6.18 Å². The zero-order chi connectivity index (χ0) is 17.0. The van der Waals surface area contributed by atoms with Crippen molar-refractivity contribution >= 4 is 36.4 Å². The molecule has 1 heterocycles. The van der Waals surface area contributed by atoms with Crippen LogP contribution in [0.25, 0.3) is 0 Å². The van der Waals surface area contributed by atoms with Crippen molar-refractivity contribution in [2.24, 2.45) is 5.92 Å². The Morgan fingerprint density at radius 3 is 2.24 bits per heavy atom. The van der Waals surface area contributed by atoms with Crippen LogP contribution in [-0.4, -0.2) is 31.1 Å².